The van der Waals surface area contributed by atoms with Crippen LogP contribution < -0.4 is 15.9 Å². The van der Waals surface area contributed by atoms with E-state index < -0.39 is 18.4 Å². The molecule has 2 atom stereocenters. The molecule has 0 spiro atoms. The molecule has 0 bridgehead atoms. The average Bonchev–Trinajstić information content (AvgIpc) is 2.78. The van der Waals surface area contributed by atoms with Gasteiger partial charge in [0.05, 0.1) is 7.11 Å². The first-order valence-electron chi connectivity index (χ1n) is 8.25. The Balaban J connectivity index is 2.18. The lowest BCUT2D eigenvalue weighted by atomic mass is 9.95. The van der Waals surface area contributed by atoms with Gasteiger partial charge in [-0.05, 0) is 42.3 Å². The molecule has 0 fully saturated rings. The zero-order valence-corrected chi connectivity index (χ0v) is 16.7. The quantitative estimate of drug-likeness (QED) is 0.437. The third-order valence-corrected chi connectivity index (χ3v) is 4.78. The molecule has 0 saturated heterocycles. The summed E-state index contributed by atoms with van der Waals surface area (Å²) in [6.07, 6.45) is -1.61. The molecular formula is C19H20BrN3O4. The molecule has 8 heteroatoms. The Morgan fingerprint density at radius 1 is 1.30 bits per heavy atom. The normalized spacial score (nSPS) is 20.4. The fourth-order valence-corrected chi connectivity index (χ4v) is 3.41. The highest BCUT2D eigenvalue weighted by Gasteiger charge is 2.33. The lowest BCUT2D eigenvalue weighted by molar-refractivity contribution is -0.167. The summed E-state index contributed by atoms with van der Waals surface area (Å²) in [7, 11) is 1.62. The van der Waals surface area contributed by atoms with Crippen LogP contribution in [0.1, 0.15) is 29.7 Å². The van der Waals surface area contributed by atoms with E-state index >= 15 is 0 Å². The molecule has 2 aromatic carbocycles. The Hall–Kier alpha value is -2.58. The maximum absolute atomic E-state index is 11.6. The predicted molar refractivity (Wildman–Crippen MR) is 106 cm³/mol. The maximum atomic E-state index is 11.6. The molecule has 7 nitrogen and oxygen atoms in total. The number of hydrogen-bond donors (Lipinski definition) is 2. The number of fused-ring (bicyclic) bond motifs is 1. The van der Waals surface area contributed by atoms with E-state index in [0.717, 1.165) is 32.6 Å². The molecule has 1 heterocycles. The Kier molecular flexibility index (Phi) is 5.67. The van der Waals surface area contributed by atoms with Crippen LogP contribution in [0.5, 0.6) is 5.75 Å². The van der Waals surface area contributed by atoms with Gasteiger partial charge in [0.1, 0.15) is 11.9 Å². The number of carbonyl (C=O) groups is 1. The predicted octanol–water partition coefficient (Wildman–Crippen LogP) is 3.46. The van der Waals surface area contributed by atoms with E-state index in [-0.39, 0.29) is 5.84 Å². The highest BCUT2D eigenvalue weighted by molar-refractivity contribution is 9.10. The number of benzene rings is 2. The summed E-state index contributed by atoms with van der Waals surface area (Å²) in [6, 6.07) is 11.4. The van der Waals surface area contributed by atoms with Crippen molar-refractivity contribution in [2.24, 2.45) is 10.9 Å². The van der Waals surface area contributed by atoms with Crippen LogP contribution in [-0.2, 0) is 14.3 Å². The molecule has 0 aromatic heterocycles. The molecule has 142 valence electrons. The first-order valence-corrected chi connectivity index (χ1v) is 9.04. The molecule has 3 rings (SSSR count). The second-order valence-corrected chi connectivity index (χ2v) is 6.92. The van der Waals surface area contributed by atoms with Crippen LogP contribution in [0.2, 0.25) is 0 Å². The number of hydrogen-bond acceptors (Lipinski definition) is 6. The largest absolute Gasteiger partial charge is 0.496 e. The van der Waals surface area contributed by atoms with Gasteiger partial charge in [-0.2, -0.15) is 5.10 Å². The van der Waals surface area contributed by atoms with Gasteiger partial charge in [-0.1, -0.05) is 28.1 Å². The Bertz CT molecular complexity index is 901. The topological polar surface area (TPSA) is 95.2 Å². The number of ether oxygens (including phenoxy) is 3. The van der Waals surface area contributed by atoms with Crippen LogP contribution in [0.25, 0.3) is 0 Å². The number of amidine groups is 1. The summed E-state index contributed by atoms with van der Waals surface area (Å²) in [5.41, 5.74) is 3.40. The van der Waals surface area contributed by atoms with Crippen LogP contribution in [-0.4, -0.2) is 25.2 Å². The zero-order chi connectivity index (χ0) is 19.6. The number of nitrogens with one attached hydrogen (secondary N) is 1. The van der Waals surface area contributed by atoms with E-state index in [9.17, 15) is 4.79 Å². The molecule has 27 heavy (non-hydrogen) atoms. The van der Waals surface area contributed by atoms with Gasteiger partial charge < -0.3 is 25.4 Å². The van der Waals surface area contributed by atoms with Gasteiger partial charge in [0.2, 0.25) is 0 Å². The van der Waals surface area contributed by atoms with Crippen LogP contribution in [0.15, 0.2) is 46.0 Å². The number of rotatable bonds is 3. The van der Waals surface area contributed by atoms with Crippen molar-refractivity contribution < 1.29 is 19.0 Å². The van der Waals surface area contributed by atoms with Crippen molar-refractivity contribution >= 4 is 33.4 Å². The smallest absolute Gasteiger partial charge is 0.305 e. The number of nitrogens with zero attached hydrogens (tertiary/aromatic N) is 1. The van der Waals surface area contributed by atoms with Gasteiger partial charge in [-0.3, -0.25) is 4.79 Å². The van der Waals surface area contributed by atoms with Gasteiger partial charge in [-0.25, -0.2) is 0 Å². The lowest BCUT2D eigenvalue weighted by Gasteiger charge is -2.24. The minimum atomic E-state index is -1.07. The summed E-state index contributed by atoms with van der Waals surface area (Å²) < 4.78 is 17.8. The SMILES string of the molecule is COc1cccc([C@H]2O[C@H](OC(C)=O)C(=NN)Nc3ccc(Br)cc32)c1C. The first-order chi connectivity index (χ1) is 12.9. The Labute approximate surface area is 165 Å². The van der Waals surface area contributed by atoms with Crippen LogP contribution in [0.3, 0.4) is 0 Å². The van der Waals surface area contributed by atoms with Crippen molar-refractivity contribution in [3.63, 3.8) is 0 Å². The number of methoxy groups -OCH3 is 1. The molecule has 0 radical (unpaired) electrons. The lowest BCUT2D eigenvalue weighted by Crippen LogP contribution is -2.34. The number of carbonyl (C=O) groups excluding carboxylic acids is 1. The van der Waals surface area contributed by atoms with E-state index in [1.54, 1.807) is 7.11 Å². The van der Waals surface area contributed by atoms with Crippen molar-refractivity contribution in [1.29, 1.82) is 0 Å². The van der Waals surface area contributed by atoms with Gasteiger partial charge in [0.25, 0.3) is 6.29 Å². The molecule has 1 aliphatic heterocycles. The molecule has 0 amide bonds. The Morgan fingerprint density at radius 2 is 2.07 bits per heavy atom. The van der Waals surface area contributed by atoms with Crippen molar-refractivity contribution in [2.75, 3.05) is 12.4 Å². The molecule has 0 unspecified atom stereocenters. The zero-order valence-electron chi connectivity index (χ0n) is 15.2. The summed E-state index contributed by atoms with van der Waals surface area (Å²) in [4.78, 5) is 11.6. The second kappa shape index (κ2) is 7.98. The Morgan fingerprint density at radius 3 is 2.74 bits per heavy atom. The van der Waals surface area contributed by atoms with Crippen LogP contribution in [0, 0.1) is 6.92 Å². The van der Waals surface area contributed by atoms with Crippen molar-refractivity contribution in [1.82, 2.24) is 0 Å². The minimum Gasteiger partial charge on any atom is -0.496 e. The highest BCUT2D eigenvalue weighted by atomic mass is 79.9. The highest BCUT2D eigenvalue weighted by Crippen LogP contribution is 2.40. The minimum absolute atomic E-state index is 0.205. The van der Waals surface area contributed by atoms with Gasteiger partial charge >= 0.3 is 5.97 Å². The molecule has 2 aromatic rings. The molecule has 3 N–H and O–H groups in total. The second-order valence-electron chi connectivity index (χ2n) is 6.00. The van der Waals surface area contributed by atoms with Crippen molar-refractivity contribution in [2.45, 2.75) is 26.2 Å². The number of nitrogens with two attached hydrogens (primary N) is 1. The molecule has 1 aliphatic rings. The van der Waals surface area contributed by atoms with Crippen LogP contribution >= 0.6 is 15.9 Å². The van der Waals surface area contributed by atoms with E-state index in [2.05, 4.69) is 26.3 Å². The molecular weight excluding hydrogens is 414 g/mol. The fourth-order valence-electron chi connectivity index (χ4n) is 3.03. The number of halogens is 1. The maximum Gasteiger partial charge on any atom is 0.305 e. The fraction of sp³-hybridized carbons (Fsp3) is 0.263. The van der Waals surface area contributed by atoms with Gasteiger partial charge in [0, 0.05) is 22.6 Å². The average molecular weight is 434 g/mol. The van der Waals surface area contributed by atoms with Gasteiger partial charge in [0.15, 0.2) is 5.84 Å². The van der Waals surface area contributed by atoms with E-state index in [1.807, 2.05) is 43.3 Å². The summed E-state index contributed by atoms with van der Waals surface area (Å²) in [6.45, 7) is 3.25. The summed E-state index contributed by atoms with van der Waals surface area (Å²) >= 11 is 3.50. The van der Waals surface area contributed by atoms with E-state index in [4.69, 9.17) is 20.1 Å². The van der Waals surface area contributed by atoms with Crippen molar-refractivity contribution in [3.8, 4) is 5.75 Å². The first kappa shape index (κ1) is 19.2. The van der Waals surface area contributed by atoms with E-state index in [1.165, 1.54) is 6.92 Å². The molecule has 0 aliphatic carbocycles. The number of anilines is 1. The third kappa shape index (κ3) is 3.91. The monoisotopic (exact) mass is 433 g/mol. The van der Waals surface area contributed by atoms with Crippen LogP contribution in [0.4, 0.5) is 5.69 Å². The van der Waals surface area contributed by atoms with E-state index in [0.29, 0.717) is 0 Å². The third-order valence-electron chi connectivity index (χ3n) is 4.28. The summed E-state index contributed by atoms with van der Waals surface area (Å²) in [5.74, 6) is 5.95. The number of hydrazone groups is 1. The van der Waals surface area contributed by atoms with Gasteiger partial charge in [-0.15, -0.1) is 0 Å². The standard InChI is InChI=1S/C19H20BrN3O4/c1-10-13(5-4-6-16(10)25-3)17-14-9-12(20)7-8-15(14)22-18(23-21)19(27-17)26-11(2)24/h4-9,17,19H,21H2,1-3H3,(H,22,23)/t17-,19+/m1/s1. The number of esters is 1. The summed E-state index contributed by atoms with van der Waals surface area (Å²) in [5, 5.41) is 6.82. The van der Waals surface area contributed by atoms with Crippen molar-refractivity contribution in [3.05, 3.63) is 57.6 Å². The molecule has 0 saturated carbocycles.